The summed E-state index contributed by atoms with van der Waals surface area (Å²) in [5.41, 5.74) is 1.91. The molecule has 0 unspecified atom stereocenters. The first kappa shape index (κ1) is 12.7. The molecule has 4 aliphatic carbocycles. The molecule has 1 heterocycles. The van der Waals surface area contributed by atoms with Gasteiger partial charge in [0.15, 0.2) is 17.9 Å². The summed E-state index contributed by atoms with van der Waals surface area (Å²) in [6.45, 7) is 2.22. The van der Waals surface area contributed by atoms with Crippen molar-refractivity contribution in [2.24, 2.45) is 17.8 Å². The Bertz CT molecular complexity index is 419. The molecule has 0 spiro atoms. The molecule has 4 fully saturated rings. The van der Waals surface area contributed by atoms with Crippen LogP contribution in [0, 0.1) is 24.7 Å². The molecular weight excluding hydrogens is 286 g/mol. The van der Waals surface area contributed by atoms with Gasteiger partial charge in [-0.1, -0.05) is 0 Å². The van der Waals surface area contributed by atoms with Gasteiger partial charge >= 0.3 is 0 Å². The molecule has 0 N–H and O–H groups in total. The minimum atomic E-state index is 0. The highest BCUT2D eigenvalue weighted by Crippen LogP contribution is 2.56. The van der Waals surface area contributed by atoms with Crippen molar-refractivity contribution in [3.8, 4) is 0 Å². The van der Waals surface area contributed by atoms with Gasteiger partial charge in [-0.15, -0.1) is 0 Å². The number of halogens is 1. The lowest BCUT2D eigenvalue weighted by Crippen LogP contribution is -3.00. The van der Waals surface area contributed by atoms with Crippen molar-refractivity contribution in [3.05, 3.63) is 30.1 Å². The highest BCUT2D eigenvalue weighted by atomic mass is 79.9. The second-order valence-corrected chi connectivity index (χ2v) is 6.93. The maximum atomic E-state index is 2.58. The van der Waals surface area contributed by atoms with Crippen LogP contribution in [0.2, 0.25) is 0 Å². The lowest BCUT2D eigenvalue weighted by Gasteiger charge is -2.53. The lowest BCUT2D eigenvalue weighted by atomic mass is 9.53. The number of rotatable bonds is 1. The Balaban J connectivity index is 0.000001000. The van der Waals surface area contributed by atoms with E-state index < -0.39 is 0 Å². The fourth-order valence-corrected chi connectivity index (χ4v) is 5.27. The van der Waals surface area contributed by atoms with Crippen molar-refractivity contribution in [1.29, 1.82) is 0 Å². The van der Waals surface area contributed by atoms with E-state index in [1.54, 1.807) is 0 Å². The standard InChI is InChI=1S/C16H22N.BrH/c1-12-3-2-4-17(11-12)16-8-13-5-14(9-16)7-15(6-13)10-16;/h2-4,11,13-15H,5-10H2,1H3;1H/q+1;/p-1. The van der Waals surface area contributed by atoms with Crippen LogP contribution < -0.4 is 21.5 Å². The van der Waals surface area contributed by atoms with E-state index in [1.165, 1.54) is 44.1 Å². The normalized spacial score (nSPS) is 40.6. The summed E-state index contributed by atoms with van der Waals surface area (Å²) in [6, 6.07) is 4.45. The van der Waals surface area contributed by atoms with E-state index in [-0.39, 0.29) is 17.0 Å². The Kier molecular flexibility index (Phi) is 3.04. The van der Waals surface area contributed by atoms with Gasteiger partial charge < -0.3 is 17.0 Å². The minimum absolute atomic E-state index is 0. The maximum absolute atomic E-state index is 2.58. The topological polar surface area (TPSA) is 3.88 Å². The Hall–Kier alpha value is -0.370. The molecule has 1 nitrogen and oxygen atoms in total. The van der Waals surface area contributed by atoms with Crippen molar-refractivity contribution >= 4 is 0 Å². The van der Waals surface area contributed by atoms with Crippen LogP contribution in [0.4, 0.5) is 0 Å². The highest BCUT2D eigenvalue weighted by molar-refractivity contribution is 5.04. The predicted molar refractivity (Wildman–Crippen MR) is 67.5 cm³/mol. The average Bonchev–Trinajstić information content (AvgIpc) is 2.27. The van der Waals surface area contributed by atoms with Crippen LogP contribution in [0.3, 0.4) is 0 Å². The second-order valence-electron chi connectivity index (χ2n) is 6.93. The van der Waals surface area contributed by atoms with Gasteiger partial charge in [0.1, 0.15) is 0 Å². The molecule has 0 aliphatic heterocycles. The Labute approximate surface area is 120 Å². The van der Waals surface area contributed by atoms with Crippen molar-refractivity contribution in [2.75, 3.05) is 0 Å². The highest BCUT2D eigenvalue weighted by Gasteiger charge is 2.56. The molecule has 4 aliphatic rings. The minimum Gasteiger partial charge on any atom is -1.00 e. The Morgan fingerprint density at radius 3 is 2.11 bits per heavy atom. The quantitative estimate of drug-likeness (QED) is 0.653. The summed E-state index contributed by atoms with van der Waals surface area (Å²) < 4.78 is 2.58. The van der Waals surface area contributed by atoms with E-state index in [1.807, 2.05) is 0 Å². The first-order valence-corrected chi connectivity index (χ1v) is 7.22. The molecule has 0 saturated heterocycles. The SMILES string of the molecule is Cc1ccc[n+](C23CC4CC(CC(C4)C2)C3)c1.[Br-]. The summed E-state index contributed by atoms with van der Waals surface area (Å²) in [6.07, 6.45) is 13.7. The first-order valence-electron chi connectivity index (χ1n) is 7.22. The Morgan fingerprint density at radius 1 is 1.06 bits per heavy atom. The number of pyridine rings is 1. The third kappa shape index (κ3) is 1.84. The zero-order valence-electron chi connectivity index (χ0n) is 11.1. The monoisotopic (exact) mass is 307 g/mol. The number of hydrogen-bond acceptors (Lipinski definition) is 0. The van der Waals surface area contributed by atoms with E-state index in [0.29, 0.717) is 5.54 Å². The molecule has 1 aromatic heterocycles. The van der Waals surface area contributed by atoms with Gasteiger partial charge in [-0.05, 0) is 50.0 Å². The zero-order chi connectivity index (χ0) is 11.5. The van der Waals surface area contributed by atoms with Crippen LogP contribution in [0.1, 0.15) is 44.1 Å². The molecule has 4 saturated carbocycles. The number of aromatic nitrogens is 1. The zero-order valence-corrected chi connectivity index (χ0v) is 12.7. The van der Waals surface area contributed by atoms with Gasteiger partial charge in [-0.25, -0.2) is 0 Å². The summed E-state index contributed by atoms with van der Waals surface area (Å²) in [5, 5.41) is 0. The summed E-state index contributed by atoms with van der Waals surface area (Å²) in [4.78, 5) is 0. The fourth-order valence-electron chi connectivity index (χ4n) is 5.27. The lowest BCUT2D eigenvalue weighted by molar-refractivity contribution is -0.777. The van der Waals surface area contributed by atoms with E-state index >= 15 is 0 Å². The maximum Gasteiger partial charge on any atom is 0.172 e. The van der Waals surface area contributed by atoms with E-state index in [0.717, 1.165) is 17.8 Å². The molecule has 0 atom stereocenters. The van der Waals surface area contributed by atoms with Gasteiger partial charge in [-0.3, -0.25) is 0 Å². The van der Waals surface area contributed by atoms with Gasteiger partial charge in [0, 0.05) is 30.9 Å². The van der Waals surface area contributed by atoms with E-state index in [4.69, 9.17) is 0 Å². The second kappa shape index (κ2) is 4.33. The average molecular weight is 308 g/mol. The summed E-state index contributed by atoms with van der Waals surface area (Å²) >= 11 is 0. The molecule has 2 heteroatoms. The molecule has 0 aromatic carbocycles. The van der Waals surface area contributed by atoms with Crippen molar-refractivity contribution in [2.45, 2.75) is 51.0 Å². The van der Waals surface area contributed by atoms with Gasteiger partial charge in [0.25, 0.3) is 0 Å². The molecule has 98 valence electrons. The van der Waals surface area contributed by atoms with Crippen LogP contribution in [0.25, 0.3) is 0 Å². The fraction of sp³-hybridized carbons (Fsp3) is 0.688. The van der Waals surface area contributed by atoms with Crippen LogP contribution in [-0.4, -0.2) is 0 Å². The largest absolute Gasteiger partial charge is 1.00 e. The molecule has 4 bridgehead atoms. The summed E-state index contributed by atoms with van der Waals surface area (Å²) in [7, 11) is 0. The van der Waals surface area contributed by atoms with Gasteiger partial charge in [0.2, 0.25) is 0 Å². The van der Waals surface area contributed by atoms with Crippen LogP contribution in [0.5, 0.6) is 0 Å². The van der Waals surface area contributed by atoms with Crippen molar-refractivity contribution in [1.82, 2.24) is 0 Å². The first-order chi connectivity index (χ1) is 8.23. The van der Waals surface area contributed by atoms with Crippen LogP contribution in [0.15, 0.2) is 24.5 Å². The van der Waals surface area contributed by atoms with Crippen LogP contribution >= 0.6 is 0 Å². The van der Waals surface area contributed by atoms with E-state index in [9.17, 15) is 0 Å². The Morgan fingerprint density at radius 2 is 1.61 bits per heavy atom. The number of nitrogens with zero attached hydrogens (tertiary/aromatic N) is 1. The molecular formula is C16H22BrN. The number of hydrogen-bond donors (Lipinski definition) is 0. The van der Waals surface area contributed by atoms with Gasteiger partial charge in [0.05, 0.1) is 0 Å². The van der Waals surface area contributed by atoms with Crippen LogP contribution in [-0.2, 0) is 5.54 Å². The van der Waals surface area contributed by atoms with Crippen molar-refractivity contribution in [3.63, 3.8) is 0 Å². The van der Waals surface area contributed by atoms with E-state index in [2.05, 4.69) is 36.0 Å². The molecule has 18 heavy (non-hydrogen) atoms. The third-order valence-electron chi connectivity index (χ3n) is 5.50. The molecule has 5 rings (SSSR count). The number of aryl methyl sites for hydroxylation is 1. The molecule has 0 amide bonds. The molecule has 1 aromatic rings. The summed E-state index contributed by atoms with van der Waals surface area (Å²) in [5.74, 6) is 3.11. The predicted octanol–water partition coefficient (Wildman–Crippen LogP) is 0.212. The molecule has 0 radical (unpaired) electrons. The van der Waals surface area contributed by atoms with Gasteiger partial charge in [-0.2, -0.15) is 4.57 Å². The third-order valence-corrected chi connectivity index (χ3v) is 5.50. The van der Waals surface area contributed by atoms with Crippen molar-refractivity contribution < 1.29 is 21.5 Å². The smallest absolute Gasteiger partial charge is 0.172 e.